The second kappa shape index (κ2) is 7.81. The van der Waals surface area contributed by atoms with Gasteiger partial charge in [-0.25, -0.2) is 0 Å². The molecule has 0 aromatic carbocycles. The molecule has 13 heteroatoms. The lowest BCUT2D eigenvalue weighted by atomic mass is 10.0. The summed E-state index contributed by atoms with van der Waals surface area (Å²) in [6.07, 6.45) is 0.868. The van der Waals surface area contributed by atoms with Crippen LogP contribution in [-0.4, -0.2) is 41.0 Å². The maximum absolute atomic E-state index is 12.8. The van der Waals surface area contributed by atoms with Crippen molar-refractivity contribution >= 4 is 10.1 Å². The number of hydrogen-bond donors (Lipinski definition) is 1. The van der Waals surface area contributed by atoms with Crippen LogP contribution in [-0.2, 0) is 10.1 Å². The highest BCUT2D eigenvalue weighted by atomic mass is 32.2. The highest BCUT2D eigenvalue weighted by Gasteiger charge is 2.83. The largest absolute Gasteiger partial charge is 0.438 e. The standard InChI is InChI=1S/C7H8F8O3S.C5H5N/c1-2-3-4(8,9)5(10,11)6(12,13)7(14,15)19(16,17)18;1-2-4-6-5-3-1/h2-3H2,1H3,(H,16,17,18);1-5H. The van der Waals surface area contributed by atoms with Crippen molar-refractivity contribution < 1.29 is 48.1 Å². The van der Waals surface area contributed by atoms with Gasteiger partial charge in [-0.1, -0.05) is 19.4 Å². The maximum Gasteiger partial charge on any atom is 0.438 e. The molecule has 0 bridgehead atoms. The number of rotatable bonds is 6. The molecule has 4 nitrogen and oxygen atoms in total. The molecule has 0 aliphatic heterocycles. The van der Waals surface area contributed by atoms with Crippen LogP contribution in [0.4, 0.5) is 35.1 Å². The van der Waals surface area contributed by atoms with Crippen molar-refractivity contribution in [3.63, 3.8) is 0 Å². The summed E-state index contributed by atoms with van der Waals surface area (Å²) in [5, 5.41) is -6.76. The highest BCUT2D eigenvalue weighted by Crippen LogP contribution is 2.55. The fourth-order valence-corrected chi connectivity index (χ4v) is 1.81. The van der Waals surface area contributed by atoms with E-state index in [1.807, 2.05) is 18.2 Å². The summed E-state index contributed by atoms with van der Waals surface area (Å²) in [7, 11) is -7.02. The average Bonchev–Trinajstić information content (AvgIpc) is 2.48. The second-order valence-corrected chi connectivity index (χ2v) is 6.08. The molecule has 1 aromatic rings. The summed E-state index contributed by atoms with van der Waals surface area (Å²) in [6.45, 7) is 0.892. The number of nitrogens with zero attached hydrogens (tertiary/aromatic N) is 1. The molecule has 0 aliphatic carbocycles. The Labute approximate surface area is 137 Å². The van der Waals surface area contributed by atoms with E-state index in [1.165, 1.54) is 0 Å². The minimum absolute atomic E-state index is 0.754. The molecule has 0 unspecified atom stereocenters. The van der Waals surface area contributed by atoms with Gasteiger partial charge < -0.3 is 0 Å². The first-order valence-corrected chi connectivity index (χ1v) is 7.83. The number of aromatic nitrogens is 1. The van der Waals surface area contributed by atoms with Crippen LogP contribution in [0.2, 0.25) is 0 Å². The SMILES string of the molecule is CCCC(F)(F)C(F)(F)C(F)(F)C(F)(F)S(=O)(=O)O.c1ccncc1. The maximum atomic E-state index is 12.8. The Kier molecular flexibility index (Phi) is 7.34. The van der Waals surface area contributed by atoms with E-state index in [0.29, 0.717) is 0 Å². The van der Waals surface area contributed by atoms with Crippen LogP contribution in [0.25, 0.3) is 0 Å². The Morgan fingerprint density at radius 1 is 0.880 bits per heavy atom. The summed E-state index contributed by atoms with van der Waals surface area (Å²) in [4.78, 5) is 3.78. The van der Waals surface area contributed by atoms with Crippen molar-refractivity contribution in [2.45, 2.75) is 42.8 Å². The summed E-state index contributed by atoms with van der Waals surface area (Å²) in [5.41, 5.74) is 0. The van der Waals surface area contributed by atoms with Crippen LogP contribution in [0.5, 0.6) is 0 Å². The number of halogens is 8. The molecule has 1 N–H and O–H groups in total. The topological polar surface area (TPSA) is 67.3 Å². The molecule has 0 amide bonds. The lowest BCUT2D eigenvalue weighted by Gasteiger charge is -2.35. The summed E-state index contributed by atoms with van der Waals surface area (Å²) in [5.74, 6) is -19.2. The van der Waals surface area contributed by atoms with Gasteiger partial charge in [-0.15, -0.1) is 0 Å². The van der Waals surface area contributed by atoms with Crippen LogP contribution in [0.3, 0.4) is 0 Å². The molecule has 25 heavy (non-hydrogen) atoms. The lowest BCUT2D eigenvalue weighted by Crippen LogP contribution is -2.64. The van der Waals surface area contributed by atoms with Crippen LogP contribution in [0.1, 0.15) is 19.8 Å². The Morgan fingerprint density at radius 3 is 1.56 bits per heavy atom. The van der Waals surface area contributed by atoms with E-state index in [9.17, 15) is 43.5 Å². The van der Waals surface area contributed by atoms with Crippen LogP contribution >= 0.6 is 0 Å². The monoisotopic (exact) mass is 403 g/mol. The van der Waals surface area contributed by atoms with Crippen molar-refractivity contribution in [2.75, 3.05) is 0 Å². The fourth-order valence-electron chi connectivity index (χ4n) is 1.36. The Hall–Kier alpha value is -1.50. The van der Waals surface area contributed by atoms with Crippen molar-refractivity contribution in [3.8, 4) is 0 Å². The third-order valence-electron chi connectivity index (χ3n) is 2.67. The summed E-state index contributed by atoms with van der Waals surface area (Å²) < 4.78 is 130. The molecule has 0 fully saturated rings. The van der Waals surface area contributed by atoms with Crippen LogP contribution in [0.15, 0.2) is 30.6 Å². The van der Waals surface area contributed by atoms with Gasteiger partial charge >= 0.3 is 33.1 Å². The van der Waals surface area contributed by atoms with E-state index in [-0.39, 0.29) is 0 Å². The molecule has 0 atom stereocenters. The molecule has 1 heterocycles. The molecule has 0 radical (unpaired) electrons. The molecular formula is C12H13F8NO3S. The Balaban J connectivity index is 0.000000796. The van der Waals surface area contributed by atoms with Crippen LogP contribution in [0, 0.1) is 0 Å². The van der Waals surface area contributed by atoms with E-state index < -0.39 is 46.0 Å². The number of pyridine rings is 1. The molecular weight excluding hydrogens is 390 g/mol. The lowest BCUT2D eigenvalue weighted by molar-refractivity contribution is -0.349. The zero-order chi connectivity index (χ0) is 20.2. The predicted octanol–water partition coefficient (Wildman–Crippen LogP) is 4.25. The third-order valence-corrected chi connectivity index (χ3v) is 3.58. The smallest absolute Gasteiger partial charge is 0.281 e. The van der Waals surface area contributed by atoms with E-state index in [2.05, 4.69) is 4.98 Å². The van der Waals surface area contributed by atoms with Crippen molar-refractivity contribution in [1.29, 1.82) is 0 Å². The Morgan fingerprint density at radius 2 is 1.32 bits per heavy atom. The normalized spacial score (nSPS) is 13.8. The zero-order valence-electron chi connectivity index (χ0n) is 12.4. The fraction of sp³-hybridized carbons (Fsp3) is 0.583. The third kappa shape index (κ3) is 4.77. The zero-order valence-corrected chi connectivity index (χ0v) is 13.3. The minimum Gasteiger partial charge on any atom is -0.281 e. The molecule has 1 rings (SSSR count). The van der Waals surface area contributed by atoms with Gasteiger partial charge in [-0.3, -0.25) is 9.54 Å². The molecule has 0 aliphatic rings. The van der Waals surface area contributed by atoms with Crippen molar-refractivity contribution in [1.82, 2.24) is 4.98 Å². The molecule has 146 valence electrons. The van der Waals surface area contributed by atoms with Gasteiger partial charge in [-0.2, -0.15) is 43.5 Å². The predicted molar refractivity (Wildman–Crippen MR) is 70.5 cm³/mol. The number of alkyl halides is 8. The number of hydrogen-bond acceptors (Lipinski definition) is 3. The van der Waals surface area contributed by atoms with E-state index >= 15 is 0 Å². The first-order chi connectivity index (χ1) is 11.1. The quantitative estimate of drug-likeness (QED) is 0.570. The van der Waals surface area contributed by atoms with E-state index in [1.54, 1.807) is 12.4 Å². The molecule has 0 saturated heterocycles. The first-order valence-electron chi connectivity index (χ1n) is 6.39. The first kappa shape index (κ1) is 23.5. The highest BCUT2D eigenvalue weighted by molar-refractivity contribution is 7.87. The van der Waals surface area contributed by atoms with Gasteiger partial charge in [0.05, 0.1) is 0 Å². The summed E-state index contributed by atoms with van der Waals surface area (Å²) >= 11 is 0. The molecule has 0 saturated carbocycles. The van der Waals surface area contributed by atoms with E-state index in [4.69, 9.17) is 4.55 Å². The minimum atomic E-state index is -7.02. The van der Waals surface area contributed by atoms with Crippen molar-refractivity contribution in [3.05, 3.63) is 30.6 Å². The van der Waals surface area contributed by atoms with Gasteiger partial charge in [0.2, 0.25) is 0 Å². The molecule has 0 spiro atoms. The molecule has 1 aromatic heterocycles. The van der Waals surface area contributed by atoms with Gasteiger partial charge in [0.1, 0.15) is 0 Å². The summed E-state index contributed by atoms with van der Waals surface area (Å²) in [6, 6.07) is 5.72. The van der Waals surface area contributed by atoms with Crippen molar-refractivity contribution in [2.24, 2.45) is 0 Å². The van der Waals surface area contributed by atoms with Gasteiger partial charge in [-0.05, 0) is 12.1 Å². The van der Waals surface area contributed by atoms with Gasteiger partial charge in [0, 0.05) is 18.8 Å². The second-order valence-electron chi connectivity index (χ2n) is 4.62. The Bertz CT molecular complexity index is 610. The van der Waals surface area contributed by atoms with E-state index in [0.717, 1.165) is 6.92 Å². The van der Waals surface area contributed by atoms with Crippen LogP contribution < -0.4 is 0 Å². The average molecular weight is 403 g/mol. The van der Waals surface area contributed by atoms with Gasteiger partial charge in [0.15, 0.2) is 0 Å². The van der Waals surface area contributed by atoms with Gasteiger partial charge in [0.25, 0.3) is 0 Å².